The number of rotatable bonds is 22. The van der Waals surface area contributed by atoms with Gasteiger partial charge in [0.15, 0.2) is 0 Å². The van der Waals surface area contributed by atoms with Crippen molar-refractivity contribution in [3.8, 4) is 0 Å². The van der Waals surface area contributed by atoms with Gasteiger partial charge in [0.2, 0.25) is 6.16 Å². The van der Waals surface area contributed by atoms with Gasteiger partial charge < -0.3 is 253 Å². The molecule has 0 aromatic heterocycles. The van der Waals surface area contributed by atoms with E-state index in [9.17, 15) is 73.2 Å². The number of aliphatic hydroxyl groups is 1. The Hall–Kier alpha value is -11.2. The normalized spacial score (nSPS) is 12.2. The lowest BCUT2D eigenvalue weighted by Gasteiger charge is -2.10. The molecule has 110 heavy (non-hydrogen) atoms. The topological polar surface area (TPSA) is 1070 Å². The number of urea groups is 5. The number of hydrogen-bond donors (Lipinski definition) is 28. The van der Waals surface area contributed by atoms with Gasteiger partial charge in [-0.25, -0.2) is 38.4 Å². The van der Waals surface area contributed by atoms with E-state index < -0.39 is 48.7 Å². The van der Waals surface area contributed by atoms with Gasteiger partial charge in [-0.1, -0.05) is 0 Å². The zero-order valence-corrected chi connectivity index (χ0v) is 61.8. The van der Waals surface area contributed by atoms with Crippen molar-refractivity contribution in [3.63, 3.8) is 0 Å². The number of hydrogen-bond acceptors (Lipinski definition) is 37. The molecule has 0 spiro atoms. The minimum atomic E-state index is -2.33. The average Bonchev–Trinajstić information content (AvgIpc) is 1.81. The number of carboxylic acids is 1. The third-order valence-electron chi connectivity index (χ3n) is 9.09. The molecular formula is C52H123N29O29-2. The number of ether oxygens (including phenoxy) is 4. The third kappa shape index (κ3) is 155. The number of nitrogens with one attached hydrogen (secondary N) is 10. The Balaban J connectivity index is -0.0000000935. The minimum absolute atomic E-state index is 0.0143. The van der Waals surface area contributed by atoms with Crippen molar-refractivity contribution in [1.82, 2.24) is 67.9 Å². The quantitative estimate of drug-likeness (QED) is 0.0272. The predicted molar refractivity (Wildman–Crippen MR) is 366 cm³/mol. The summed E-state index contributed by atoms with van der Waals surface area (Å²) in [5.41, 5.74) is 71.4. The van der Waals surface area contributed by atoms with Gasteiger partial charge >= 0.3 is 54.6 Å². The number of carboxylic acid groups (broad SMARTS) is 8. The van der Waals surface area contributed by atoms with E-state index in [1.54, 1.807) is 14.7 Å². The molecule has 0 atom stereocenters. The molecule has 0 aromatic rings. The summed E-state index contributed by atoms with van der Waals surface area (Å²) in [5, 5.41) is 103. The molecule has 58 heteroatoms. The molecule has 0 aromatic carbocycles. The smallest absolute Gasteiger partial charge is 0.508 e. The largest absolute Gasteiger partial charge is 0.652 e. The van der Waals surface area contributed by atoms with Gasteiger partial charge in [0, 0.05) is 150 Å². The first-order valence-corrected chi connectivity index (χ1v) is 32.4. The molecule has 652 valence electrons. The summed E-state index contributed by atoms with van der Waals surface area (Å²) < 4.78 is 17.6. The van der Waals surface area contributed by atoms with Crippen LogP contribution < -0.4 is 181 Å². The molecule has 0 unspecified atom stereocenters. The lowest BCUT2D eigenvalue weighted by Crippen LogP contribution is -2.56. The van der Waals surface area contributed by atoms with E-state index in [1.807, 2.05) is 16.0 Å². The molecule has 0 radical (unpaired) electrons. The number of aliphatic hydroxyl groups excluding tert-OH is 1. The SMILES string of the molecule is NC(N)=O.NCCN1CCNC1=O.NCCN1CCOC1=O.NCCNC(=O)NCCN.NCCNC(=O)[O-].NCC[NH3+].NCC[NH3+].NCC[NH3+].NCC[NH3+].O=C([O-])CCCNC(=O)[O-].O=C([O-])O.O=C([O-])[O-].O=C1NCCN1.O=C1NCCN1CCO.O=C1NCCO1.O=C1OCCO1.O=C=O.[NH3+]CCNC(=O)[O-]. The second kappa shape index (κ2) is 109. The fraction of sp³-hybridized carbons (Fsp3) is 0.712. The summed E-state index contributed by atoms with van der Waals surface area (Å²) in [4.78, 5) is 158. The highest BCUT2D eigenvalue weighted by Gasteiger charge is 2.20. The van der Waals surface area contributed by atoms with Gasteiger partial charge in [-0.15, -0.1) is 0 Å². The van der Waals surface area contributed by atoms with Gasteiger partial charge in [0.1, 0.15) is 44.7 Å². The number of cyclic esters (lactones) is 4. The van der Waals surface area contributed by atoms with Crippen LogP contribution in [0.2, 0.25) is 0 Å². The number of primary amides is 2. The van der Waals surface area contributed by atoms with Crippen LogP contribution in [-0.2, 0) is 33.3 Å². The Kier molecular flexibility index (Phi) is 124. The van der Waals surface area contributed by atoms with Gasteiger partial charge in [0.25, 0.3) is 0 Å². The first-order valence-electron chi connectivity index (χ1n) is 32.4. The van der Waals surface area contributed by atoms with E-state index in [0.29, 0.717) is 151 Å². The number of β-amino-alcohol motifs (C(OH)–C–C–N with tert-alkyl or cyclic N) is 1. The molecule has 6 fully saturated rings. The van der Waals surface area contributed by atoms with E-state index in [1.165, 1.54) is 0 Å². The molecule has 58 nitrogen and oxygen atoms in total. The van der Waals surface area contributed by atoms with Crippen LogP contribution in [0.25, 0.3) is 0 Å². The molecule has 6 aliphatic rings. The van der Waals surface area contributed by atoms with Crippen LogP contribution in [0.15, 0.2) is 0 Å². The molecule has 6 rings (SSSR count). The van der Waals surface area contributed by atoms with E-state index in [0.717, 1.165) is 58.9 Å². The van der Waals surface area contributed by atoms with Crippen LogP contribution in [0, 0.1) is 0 Å². The maximum Gasteiger partial charge on any atom is 0.508 e. The average molecular weight is 1620 g/mol. The van der Waals surface area contributed by atoms with Crippen LogP contribution in [-0.4, -0.2) is 345 Å². The first-order chi connectivity index (χ1) is 52.0. The summed E-state index contributed by atoms with van der Waals surface area (Å²) in [5.74, 6) is -1.18. The molecule has 0 saturated carbocycles. The van der Waals surface area contributed by atoms with Crippen LogP contribution in [0.1, 0.15) is 12.8 Å². The number of amides is 15. The Labute approximate surface area is 633 Å². The van der Waals surface area contributed by atoms with Crippen LogP contribution >= 0.6 is 0 Å². The van der Waals surface area contributed by atoms with Crippen molar-refractivity contribution in [2.75, 3.05) is 229 Å². The number of nitrogens with two attached hydrogens (primary N) is 11. The molecule has 6 aliphatic heterocycles. The number of quaternary nitrogens is 5. The monoisotopic (exact) mass is 1620 g/mol. The van der Waals surface area contributed by atoms with Gasteiger partial charge in [0.05, 0.1) is 59.0 Å². The lowest BCUT2D eigenvalue weighted by atomic mass is 10.3. The summed E-state index contributed by atoms with van der Waals surface area (Å²) in [7, 11) is 0. The number of alkyl carbamates (subject to hydrolysis) is 1. The third-order valence-corrected chi connectivity index (χ3v) is 9.09. The summed E-state index contributed by atoms with van der Waals surface area (Å²) >= 11 is 0. The van der Waals surface area contributed by atoms with Gasteiger partial charge in [-0.3, -0.25) is 0 Å². The molecule has 49 N–H and O–H groups in total. The first kappa shape index (κ1) is 125. The Morgan fingerprint density at radius 1 is 0.445 bits per heavy atom. The molecule has 15 amide bonds. The van der Waals surface area contributed by atoms with Crippen molar-refractivity contribution in [1.29, 1.82) is 0 Å². The van der Waals surface area contributed by atoms with Gasteiger partial charge in [-0.2, -0.15) is 9.59 Å². The van der Waals surface area contributed by atoms with Crippen molar-refractivity contribution in [2.45, 2.75) is 12.8 Å². The standard InChI is InChI=1S/C5H14N4O.C5H11N3O.2C5H10N2O2.C5H9NO4.2C3H8N2O2.C3H6N2O.C3H5NO2.C3H4O3.4C2H8N2.CH4N2O.2CH2O3.CO2/c6-1-3-8-5(10)9-4-2-7;6-1-3-8-4-2-7-5(8)9;6-1-2-7-3-4-9-5(7)8;8-4-3-7-2-1-6-5(7)9;7-4(8)2-1-3-6-5(9)10;2*4-1-2-5-3(6)7;6-3-4-1-2-5-3;5-3-4-1-2-6-3;4-3-5-1-2-6-3;4*3-1-2-4;3*2-1(3)4;2-1-3/h1-4,6-7H2,(H2,8,9,10);1-4,6H2,(H,7,9);1-4,6H2;8H,1-4H2,(H,6,9);6H,1-3H2,(H,7,8)(H,9,10);2*5H,1-2,4H2,(H,6,7);1-2H2,(H2,4,5,6);1-2H2,(H,4,5);1-2H2;4*1-4H2;(H4,2,3,4);2*(H2,2,3,4);/p-2. The predicted octanol–water partition coefficient (Wildman–Crippen LogP) is -25.1. The molecule has 6 heterocycles. The van der Waals surface area contributed by atoms with Gasteiger partial charge in [-0.05, 0) is 19.0 Å². The Morgan fingerprint density at radius 2 is 0.791 bits per heavy atom. The minimum Gasteiger partial charge on any atom is -0.652 e. The summed E-state index contributed by atoms with van der Waals surface area (Å²) in [6.45, 7) is 20.4. The highest BCUT2D eigenvalue weighted by molar-refractivity contribution is 5.77. The fourth-order valence-corrected chi connectivity index (χ4v) is 4.79. The molecule has 6 saturated heterocycles. The van der Waals surface area contributed by atoms with E-state index >= 15 is 0 Å². The maximum absolute atomic E-state index is 10.7. The van der Waals surface area contributed by atoms with Crippen molar-refractivity contribution >= 4 is 91.2 Å². The summed E-state index contributed by atoms with van der Waals surface area (Å²) in [6, 6.07) is -1.14. The highest BCUT2D eigenvalue weighted by Crippen LogP contribution is 2.00. The van der Waals surface area contributed by atoms with Crippen LogP contribution in [0.4, 0.5) is 62.3 Å². The van der Waals surface area contributed by atoms with Crippen LogP contribution in [0.3, 0.4) is 0 Å². The van der Waals surface area contributed by atoms with Crippen LogP contribution in [0.5, 0.6) is 0 Å². The molecule has 0 bridgehead atoms. The molecule has 0 aliphatic carbocycles. The Bertz CT molecular complexity index is 2020. The zero-order chi connectivity index (χ0) is 87.6. The zero-order valence-electron chi connectivity index (χ0n) is 61.8. The summed E-state index contributed by atoms with van der Waals surface area (Å²) in [6.07, 6.45) is -9.05. The van der Waals surface area contributed by atoms with E-state index in [-0.39, 0.29) is 75.0 Å². The Morgan fingerprint density at radius 3 is 0.991 bits per heavy atom. The number of carbonyl (C=O) groups is 14. The van der Waals surface area contributed by atoms with E-state index in [2.05, 4.69) is 96.3 Å². The second-order valence-electron chi connectivity index (χ2n) is 18.1. The van der Waals surface area contributed by atoms with E-state index in [4.69, 9.17) is 101 Å². The second-order valence-corrected chi connectivity index (χ2v) is 18.1. The van der Waals surface area contributed by atoms with Crippen molar-refractivity contribution < 1.29 is 170 Å². The van der Waals surface area contributed by atoms with Crippen molar-refractivity contribution in [3.05, 3.63) is 0 Å². The number of aliphatic carboxylic acids is 1. The lowest BCUT2D eigenvalue weighted by molar-refractivity contribution is -0.415. The fourth-order valence-electron chi connectivity index (χ4n) is 4.79. The molecular weight excluding hydrogens is 1490 g/mol. The van der Waals surface area contributed by atoms with Crippen molar-refractivity contribution in [2.24, 2.45) is 63.1 Å². The number of nitrogens with zero attached hydrogens (tertiary/aromatic N) is 3. The maximum atomic E-state index is 10.7. The number of carbonyl (C=O) groups excluding carboxylic acids is 15. The highest BCUT2D eigenvalue weighted by atomic mass is 16.8.